The number of carbonyl (C=O) groups is 1. The summed E-state index contributed by atoms with van der Waals surface area (Å²) in [5.74, 6) is 5.99. The molecule has 3 aromatic heterocycles. The summed E-state index contributed by atoms with van der Waals surface area (Å²) in [6, 6.07) is 10.0. The molecule has 1 aromatic carbocycles. The van der Waals surface area contributed by atoms with Gasteiger partial charge >= 0.3 is 5.97 Å². The molecule has 0 saturated carbocycles. The van der Waals surface area contributed by atoms with Gasteiger partial charge in [0.15, 0.2) is 0 Å². The fourth-order valence-corrected chi connectivity index (χ4v) is 3.80. The predicted molar refractivity (Wildman–Crippen MR) is 120 cm³/mol. The number of aryl methyl sites for hydroxylation is 1. The van der Waals surface area contributed by atoms with Crippen LogP contribution in [0.1, 0.15) is 39.0 Å². The second-order valence-electron chi connectivity index (χ2n) is 6.85. The molecule has 154 valence electrons. The maximum Gasteiger partial charge on any atom is 0.341 e. The van der Waals surface area contributed by atoms with Gasteiger partial charge in [-0.2, -0.15) is 5.10 Å². The maximum absolute atomic E-state index is 11.8. The highest BCUT2D eigenvalue weighted by Crippen LogP contribution is 2.24. The van der Waals surface area contributed by atoms with E-state index in [2.05, 4.69) is 34.1 Å². The van der Waals surface area contributed by atoms with Crippen molar-refractivity contribution in [3.63, 3.8) is 0 Å². The Bertz CT molecular complexity index is 1270. The Balaban J connectivity index is 1.52. The highest BCUT2D eigenvalue weighted by Gasteiger charge is 2.11. The Labute approximate surface area is 184 Å². The van der Waals surface area contributed by atoms with Gasteiger partial charge in [-0.1, -0.05) is 11.8 Å². The van der Waals surface area contributed by atoms with Crippen LogP contribution in [0.5, 0.6) is 0 Å². The number of esters is 1. The average Bonchev–Trinajstić information content (AvgIpc) is 3.43. The number of carbonyl (C=O) groups excluding carboxylic acids is 1. The number of hydrogen-bond donors (Lipinski definition) is 0. The quantitative estimate of drug-likeness (QED) is 0.349. The topological polar surface area (TPSA) is 69.9 Å². The summed E-state index contributed by atoms with van der Waals surface area (Å²) in [6.45, 7) is 4.65. The number of ether oxygens (including phenoxy) is 1. The first-order valence-electron chi connectivity index (χ1n) is 9.79. The van der Waals surface area contributed by atoms with Crippen LogP contribution < -0.4 is 0 Å². The standard InChI is InChI=1S/C24H20N4O2S/c1-3-30-24(29)21-13-26-28(14-21)15-23-27-22(16-31-23)20-10-17(2)9-19(11-20)7-6-18-5-4-8-25-12-18/h4-5,8-14,16H,3,15H2,1-2H3. The fraction of sp³-hybridized carbons (Fsp3) is 0.167. The molecular weight excluding hydrogens is 408 g/mol. The Kier molecular flexibility index (Phi) is 6.20. The summed E-state index contributed by atoms with van der Waals surface area (Å²) in [4.78, 5) is 20.6. The van der Waals surface area contributed by atoms with Crippen molar-refractivity contribution in [1.29, 1.82) is 0 Å². The Morgan fingerprint density at radius 3 is 2.87 bits per heavy atom. The molecule has 3 heterocycles. The average molecular weight is 429 g/mol. The lowest BCUT2D eigenvalue weighted by Crippen LogP contribution is -2.04. The van der Waals surface area contributed by atoms with Gasteiger partial charge in [0.1, 0.15) is 5.01 Å². The molecule has 4 rings (SSSR count). The molecule has 0 unspecified atom stereocenters. The van der Waals surface area contributed by atoms with Gasteiger partial charge in [0.25, 0.3) is 0 Å². The van der Waals surface area contributed by atoms with Crippen LogP contribution in [0, 0.1) is 18.8 Å². The van der Waals surface area contributed by atoms with Crippen LogP contribution >= 0.6 is 11.3 Å². The zero-order valence-corrected chi connectivity index (χ0v) is 18.0. The number of aromatic nitrogens is 4. The third-order valence-electron chi connectivity index (χ3n) is 4.38. The SMILES string of the molecule is CCOC(=O)c1cnn(Cc2nc(-c3cc(C)cc(C#Cc4cccnc4)c3)cs2)c1. The van der Waals surface area contributed by atoms with Crippen LogP contribution in [0.2, 0.25) is 0 Å². The molecule has 0 amide bonds. The minimum atomic E-state index is -0.367. The van der Waals surface area contributed by atoms with Gasteiger partial charge in [-0.05, 0) is 49.7 Å². The first kappa shape index (κ1) is 20.5. The summed E-state index contributed by atoms with van der Waals surface area (Å²) in [5, 5.41) is 7.16. The Morgan fingerprint density at radius 2 is 2.06 bits per heavy atom. The predicted octanol–water partition coefficient (Wildman–Crippen LogP) is 4.33. The van der Waals surface area contributed by atoms with E-state index in [9.17, 15) is 4.79 Å². The van der Waals surface area contributed by atoms with Crippen molar-refractivity contribution in [1.82, 2.24) is 19.7 Å². The monoisotopic (exact) mass is 428 g/mol. The van der Waals surface area contributed by atoms with Gasteiger partial charge < -0.3 is 4.74 Å². The highest BCUT2D eigenvalue weighted by molar-refractivity contribution is 7.09. The van der Waals surface area contributed by atoms with Crippen molar-refractivity contribution >= 4 is 17.3 Å². The molecule has 0 saturated heterocycles. The van der Waals surface area contributed by atoms with Crippen molar-refractivity contribution in [3.05, 3.63) is 87.8 Å². The van der Waals surface area contributed by atoms with Crippen molar-refractivity contribution < 1.29 is 9.53 Å². The molecule has 0 radical (unpaired) electrons. The van der Waals surface area contributed by atoms with E-state index < -0.39 is 0 Å². The van der Waals surface area contributed by atoms with Crippen LogP contribution in [0.3, 0.4) is 0 Å². The van der Waals surface area contributed by atoms with Crippen molar-refractivity contribution in [2.45, 2.75) is 20.4 Å². The van der Waals surface area contributed by atoms with Crippen LogP contribution in [0.4, 0.5) is 0 Å². The smallest absolute Gasteiger partial charge is 0.341 e. The molecule has 0 N–H and O–H groups in total. The van der Waals surface area contributed by atoms with E-state index in [1.807, 2.05) is 30.5 Å². The summed E-state index contributed by atoms with van der Waals surface area (Å²) in [6.07, 6.45) is 6.67. The van der Waals surface area contributed by atoms with Crippen LogP contribution in [-0.4, -0.2) is 32.3 Å². The molecule has 0 aliphatic heterocycles. The summed E-state index contributed by atoms with van der Waals surface area (Å²) in [5.41, 5.74) is 5.28. The van der Waals surface area contributed by atoms with E-state index in [-0.39, 0.29) is 5.97 Å². The van der Waals surface area contributed by atoms with Crippen molar-refractivity contribution in [2.75, 3.05) is 6.61 Å². The molecule has 31 heavy (non-hydrogen) atoms. The van der Waals surface area contributed by atoms with Crippen LogP contribution in [0.25, 0.3) is 11.3 Å². The molecule has 4 aromatic rings. The lowest BCUT2D eigenvalue weighted by molar-refractivity contribution is 0.0526. The van der Waals surface area contributed by atoms with Gasteiger partial charge in [-0.15, -0.1) is 11.3 Å². The molecular formula is C24H20N4O2S. The number of rotatable bonds is 5. The molecule has 0 atom stereocenters. The third-order valence-corrected chi connectivity index (χ3v) is 5.21. The molecule has 6 nitrogen and oxygen atoms in total. The van der Waals surface area contributed by atoms with E-state index in [4.69, 9.17) is 9.72 Å². The normalized spacial score (nSPS) is 10.4. The minimum absolute atomic E-state index is 0.338. The number of hydrogen-bond acceptors (Lipinski definition) is 6. The van der Waals surface area contributed by atoms with Gasteiger partial charge in [0, 0.05) is 40.7 Å². The van der Waals surface area contributed by atoms with Crippen molar-refractivity contribution in [3.8, 4) is 23.1 Å². The Hall–Kier alpha value is -3.76. The van der Waals surface area contributed by atoms with Gasteiger partial charge in [-0.3, -0.25) is 9.67 Å². The number of thiazole rings is 1. The lowest BCUT2D eigenvalue weighted by Gasteiger charge is -2.02. The first-order chi connectivity index (χ1) is 15.1. The van der Waals surface area contributed by atoms with Crippen LogP contribution in [0.15, 0.2) is 60.5 Å². The summed E-state index contributed by atoms with van der Waals surface area (Å²) in [7, 11) is 0. The molecule has 0 bridgehead atoms. The Morgan fingerprint density at radius 1 is 1.19 bits per heavy atom. The second kappa shape index (κ2) is 9.37. The van der Waals surface area contributed by atoms with E-state index in [1.165, 1.54) is 6.20 Å². The second-order valence-corrected chi connectivity index (χ2v) is 7.80. The molecule has 0 fully saturated rings. The van der Waals surface area contributed by atoms with Gasteiger partial charge in [0.2, 0.25) is 0 Å². The summed E-state index contributed by atoms with van der Waals surface area (Å²) < 4.78 is 6.69. The number of nitrogens with zero attached hydrogens (tertiary/aromatic N) is 4. The van der Waals surface area contributed by atoms with Gasteiger partial charge in [-0.25, -0.2) is 9.78 Å². The largest absolute Gasteiger partial charge is 0.462 e. The fourth-order valence-electron chi connectivity index (χ4n) is 3.01. The molecule has 0 aliphatic rings. The highest BCUT2D eigenvalue weighted by atomic mass is 32.1. The van der Waals surface area contributed by atoms with Crippen molar-refractivity contribution in [2.24, 2.45) is 0 Å². The molecule has 0 aliphatic carbocycles. The third kappa shape index (κ3) is 5.24. The van der Waals surface area contributed by atoms with E-state index in [0.717, 1.165) is 33.0 Å². The zero-order valence-electron chi connectivity index (χ0n) is 17.2. The lowest BCUT2D eigenvalue weighted by atomic mass is 10.0. The number of benzene rings is 1. The summed E-state index contributed by atoms with van der Waals surface area (Å²) >= 11 is 1.56. The van der Waals surface area contributed by atoms with Gasteiger partial charge in [0.05, 0.1) is 30.6 Å². The first-order valence-corrected chi connectivity index (χ1v) is 10.7. The maximum atomic E-state index is 11.8. The minimum Gasteiger partial charge on any atom is -0.462 e. The molecule has 0 spiro atoms. The molecule has 7 heteroatoms. The zero-order chi connectivity index (χ0) is 21.6. The number of pyridine rings is 1. The van der Waals surface area contributed by atoms with E-state index in [0.29, 0.717) is 18.7 Å². The van der Waals surface area contributed by atoms with E-state index in [1.54, 1.807) is 41.5 Å². The van der Waals surface area contributed by atoms with E-state index >= 15 is 0 Å². The van der Waals surface area contributed by atoms with Crippen LogP contribution in [-0.2, 0) is 11.3 Å².